The molecule has 0 spiro atoms. The number of halogens is 2. The van der Waals surface area contributed by atoms with Crippen molar-refractivity contribution in [3.63, 3.8) is 0 Å². The van der Waals surface area contributed by atoms with Crippen LogP contribution in [0.2, 0.25) is 5.02 Å². The van der Waals surface area contributed by atoms with Crippen LogP contribution in [0.1, 0.15) is 11.1 Å². The first-order valence-corrected chi connectivity index (χ1v) is 12.2. The fourth-order valence-electron chi connectivity index (χ4n) is 4.36. The minimum absolute atomic E-state index is 0.0316. The van der Waals surface area contributed by atoms with E-state index >= 15 is 0 Å². The van der Waals surface area contributed by atoms with Crippen molar-refractivity contribution in [3.05, 3.63) is 76.6 Å². The highest BCUT2D eigenvalue weighted by molar-refractivity contribution is 6.31. The van der Waals surface area contributed by atoms with Gasteiger partial charge in [-0.1, -0.05) is 23.7 Å². The molecule has 2 atom stereocenters. The zero-order valence-corrected chi connectivity index (χ0v) is 21.8. The van der Waals surface area contributed by atoms with Gasteiger partial charge in [0.1, 0.15) is 5.82 Å². The summed E-state index contributed by atoms with van der Waals surface area (Å²) in [6, 6.07) is 14.5. The SMILES string of the molecule is COc1ccc(C[C@H]2COC(=O)[C@@H]2Cc2ccc(OC(=O)Nc3ccc(F)c(Cl)c3)c(OC)c2)cc1OC. The average Bonchev–Trinajstić information content (AvgIpc) is 3.25. The van der Waals surface area contributed by atoms with Crippen LogP contribution in [0.3, 0.4) is 0 Å². The summed E-state index contributed by atoms with van der Waals surface area (Å²) < 4.78 is 40.2. The van der Waals surface area contributed by atoms with Gasteiger partial charge in [0.25, 0.3) is 0 Å². The third-order valence-electron chi connectivity index (χ3n) is 6.31. The maximum atomic E-state index is 13.4. The quantitative estimate of drug-likeness (QED) is 0.347. The van der Waals surface area contributed by atoms with Crippen LogP contribution in [0.15, 0.2) is 54.6 Å². The minimum Gasteiger partial charge on any atom is -0.493 e. The summed E-state index contributed by atoms with van der Waals surface area (Å²) in [6.45, 7) is 0.323. The molecule has 0 unspecified atom stereocenters. The van der Waals surface area contributed by atoms with E-state index in [-0.39, 0.29) is 34.3 Å². The Bertz CT molecular complexity index is 1330. The standard InChI is InChI=1S/C28H27ClFNO7/c1-34-23-8-4-16(12-25(23)35-2)10-18-15-37-27(32)20(18)11-17-5-9-24(26(13-17)36-3)38-28(33)31-19-6-7-22(30)21(29)14-19/h4-9,12-14,18,20H,10-11,15H2,1-3H3,(H,31,33)/t18-,20+/m0/s1. The number of benzene rings is 3. The Morgan fingerprint density at radius 3 is 2.21 bits per heavy atom. The lowest BCUT2D eigenvalue weighted by Gasteiger charge is -2.17. The summed E-state index contributed by atoms with van der Waals surface area (Å²) in [5, 5.41) is 2.36. The molecule has 0 saturated carbocycles. The van der Waals surface area contributed by atoms with Gasteiger partial charge in [0.15, 0.2) is 23.0 Å². The highest BCUT2D eigenvalue weighted by Crippen LogP contribution is 2.35. The first kappa shape index (κ1) is 27.1. The van der Waals surface area contributed by atoms with Crippen molar-refractivity contribution in [2.24, 2.45) is 11.8 Å². The van der Waals surface area contributed by atoms with Gasteiger partial charge in [-0.2, -0.15) is 0 Å². The van der Waals surface area contributed by atoms with Crippen molar-refractivity contribution in [1.82, 2.24) is 0 Å². The summed E-state index contributed by atoms with van der Waals surface area (Å²) in [6.07, 6.45) is 0.254. The molecule has 1 amide bonds. The summed E-state index contributed by atoms with van der Waals surface area (Å²) in [7, 11) is 4.61. The van der Waals surface area contributed by atoms with Crippen molar-refractivity contribution in [3.8, 4) is 23.0 Å². The van der Waals surface area contributed by atoms with Crippen LogP contribution in [-0.4, -0.2) is 40.0 Å². The Labute approximate surface area is 224 Å². The maximum absolute atomic E-state index is 13.4. The van der Waals surface area contributed by atoms with Gasteiger partial charge in [-0.05, 0) is 66.4 Å². The number of hydrogen-bond acceptors (Lipinski definition) is 7. The van der Waals surface area contributed by atoms with Crippen LogP contribution < -0.4 is 24.3 Å². The van der Waals surface area contributed by atoms with Crippen molar-refractivity contribution >= 4 is 29.4 Å². The molecule has 3 aromatic rings. The first-order valence-electron chi connectivity index (χ1n) is 11.8. The first-order chi connectivity index (χ1) is 18.3. The molecular formula is C28H27ClFNO7. The second-order valence-electron chi connectivity index (χ2n) is 8.72. The number of cyclic esters (lactones) is 1. The van der Waals surface area contributed by atoms with E-state index in [1.807, 2.05) is 18.2 Å². The van der Waals surface area contributed by atoms with Gasteiger partial charge in [0.2, 0.25) is 0 Å². The molecule has 38 heavy (non-hydrogen) atoms. The van der Waals surface area contributed by atoms with Gasteiger partial charge < -0.3 is 23.7 Å². The van der Waals surface area contributed by atoms with E-state index in [1.165, 1.54) is 19.2 Å². The molecule has 1 aliphatic heterocycles. The molecule has 0 bridgehead atoms. The van der Waals surface area contributed by atoms with Gasteiger partial charge in [0, 0.05) is 11.6 Å². The predicted octanol–water partition coefficient (Wildman–Crippen LogP) is 5.69. The molecule has 1 saturated heterocycles. The topological polar surface area (TPSA) is 92.3 Å². The highest BCUT2D eigenvalue weighted by Gasteiger charge is 2.37. The Morgan fingerprint density at radius 2 is 1.55 bits per heavy atom. The summed E-state index contributed by atoms with van der Waals surface area (Å²) in [5.74, 6) is 0.513. The molecule has 3 aromatic carbocycles. The lowest BCUT2D eigenvalue weighted by atomic mass is 9.85. The smallest absolute Gasteiger partial charge is 0.417 e. The number of esters is 1. The number of hydrogen-bond donors (Lipinski definition) is 1. The van der Waals surface area contributed by atoms with Crippen LogP contribution in [0, 0.1) is 17.7 Å². The normalized spacial score (nSPS) is 16.5. The van der Waals surface area contributed by atoms with Crippen LogP contribution >= 0.6 is 11.6 Å². The molecule has 4 rings (SSSR count). The monoisotopic (exact) mass is 543 g/mol. The van der Waals surface area contributed by atoms with Crippen molar-refractivity contribution in [1.29, 1.82) is 0 Å². The van der Waals surface area contributed by atoms with Crippen LogP contribution in [-0.2, 0) is 22.4 Å². The molecule has 1 N–H and O–H groups in total. The van der Waals surface area contributed by atoms with E-state index in [1.54, 1.807) is 32.4 Å². The number of anilines is 1. The molecular weight excluding hydrogens is 517 g/mol. The zero-order chi connectivity index (χ0) is 27.2. The Hall–Kier alpha value is -3.98. The molecule has 8 nitrogen and oxygen atoms in total. The Kier molecular flexibility index (Phi) is 8.58. The second-order valence-corrected chi connectivity index (χ2v) is 9.13. The lowest BCUT2D eigenvalue weighted by molar-refractivity contribution is -0.141. The minimum atomic E-state index is -0.798. The molecule has 0 aromatic heterocycles. The number of methoxy groups -OCH3 is 3. The van der Waals surface area contributed by atoms with E-state index in [4.69, 9.17) is 35.3 Å². The molecule has 0 radical (unpaired) electrons. The number of ether oxygens (including phenoxy) is 5. The Balaban J connectivity index is 1.44. The van der Waals surface area contributed by atoms with Gasteiger partial charge in [0.05, 0.1) is 38.9 Å². The summed E-state index contributed by atoms with van der Waals surface area (Å²) in [4.78, 5) is 24.9. The van der Waals surface area contributed by atoms with E-state index in [0.717, 1.165) is 17.2 Å². The molecule has 0 aliphatic carbocycles. The molecule has 1 heterocycles. The lowest BCUT2D eigenvalue weighted by Crippen LogP contribution is -2.21. The fourth-order valence-corrected chi connectivity index (χ4v) is 4.54. The fraction of sp³-hybridized carbons (Fsp3) is 0.286. The highest BCUT2D eigenvalue weighted by atomic mass is 35.5. The third kappa shape index (κ3) is 6.28. The molecule has 10 heteroatoms. The molecule has 1 aliphatic rings. The van der Waals surface area contributed by atoms with Crippen molar-refractivity contribution < 1.29 is 37.7 Å². The number of nitrogens with one attached hydrogen (secondary N) is 1. The summed E-state index contributed by atoms with van der Waals surface area (Å²) >= 11 is 5.75. The van der Waals surface area contributed by atoms with Gasteiger partial charge >= 0.3 is 12.1 Å². The van der Waals surface area contributed by atoms with Gasteiger partial charge in [-0.3, -0.25) is 10.1 Å². The van der Waals surface area contributed by atoms with Crippen LogP contribution in [0.25, 0.3) is 0 Å². The largest absolute Gasteiger partial charge is 0.493 e. The second kappa shape index (κ2) is 12.0. The molecule has 200 valence electrons. The van der Waals surface area contributed by atoms with Gasteiger partial charge in [-0.15, -0.1) is 0 Å². The van der Waals surface area contributed by atoms with E-state index in [0.29, 0.717) is 36.7 Å². The van der Waals surface area contributed by atoms with Gasteiger partial charge in [-0.25, -0.2) is 9.18 Å². The number of rotatable bonds is 9. The average molecular weight is 544 g/mol. The third-order valence-corrected chi connectivity index (χ3v) is 6.60. The van der Waals surface area contributed by atoms with E-state index in [9.17, 15) is 14.0 Å². The Morgan fingerprint density at radius 1 is 0.921 bits per heavy atom. The zero-order valence-electron chi connectivity index (χ0n) is 21.1. The van der Waals surface area contributed by atoms with Crippen molar-refractivity contribution in [2.75, 3.05) is 33.3 Å². The number of carbonyl (C=O) groups is 2. The predicted molar refractivity (Wildman–Crippen MR) is 139 cm³/mol. The molecule has 1 fully saturated rings. The number of amides is 1. The van der Waals surface area contributed by atoms with Crippen LogP contribution in [0.5, 0.6) is 23.0 Å². The number of carbonyl (C=O) groups excluding carboxylic acids is 2. The maximum Gasteiger partial charge on any atom is 0.417 e. The summed E-state index contributed by atoms with van der Waals surface area (Å²) in [5.41, 5.74) is 2.10. The van der Waals surface area contributed by atoms with E-state index in [2.05, 4.69) is 5.32 Å². The van der Waals surface area contributed by atoms with Crippen LogP contribution in [0.4, 0.5) is 14.9 Å². The van der Waals surface area contributed by atoms with E-state index < -0.39 is 11.9 Å². The van der Waals surface area contributed by atoms with Crippen molar-refractivity contribution in [2.45, 2.75) is 12.8 Å².